The smallest absolute Gasteiger partial charge is 0.223 e. The first-order chi connectivity index (χ1) is 11.8. The van der Waals surface area contributed by atoms with Crippen molar-refractivity contribution < 1.29 is 9.53 Å². The monoisotopic (exact) mass is 344 g/mol. The van der Waals surface area contributed by atoms with Crippen LogP contribution in [0.15, 0.2) is 41.4 Å². The normalized spacial score (nSPS) is 22.0. The maximum atomic E-state index is 12.7. The van der Waals surface area contributed by atoms with Crippen LogP contribution in [0.1, 0.15) is 42.9 Å². The highest BCUT2D eigenvalue weighted by molar-refractivity contribution is 7.07. The molecular weight excluding hydrogens is 320 g/mol. The van der Waals surface area contributed by atoms with Crippen molar-refractivity contribution in [1.82, 2.24) is 10.3 Å². The number of nitrogens with zero attached hydrogens (tertiary/aromatic N) is 1. The fraction of sp³-hybridized carbons (Fsp3) is 0.474. The van der Waals surface area contributed by atoms with Gasteiger partial charge in [0.15, 0.2) is 0 Å². The number of carbonyl (C=O) groups is 1. The number of pyridine rings is 1. The van der Waals surface area contributed by atoms with Gasteiger partial charge in [-0.05, 0) is 66.1 Å². The number of hydrogen-bond donors (Lipinski definition) is 1. The third-order valence-electron chi connectivity index (χ3n) is 4.80. The molecule has 0 unspecified atom stereocenters. The molecule has 1 N–H and O–H groups in total. The molecule has 3 rings (SSSR count). The highest BCUT2D eigenvalue weighted by Crippen LogP contribution is 2.27. The lowest BCUT2D eigenvalue weighted by Crippen LogP contribution is -2.37. The summed E-state index contributed by atoms with van der Waals surface area (Å²) in [6.07, 6.45) is 8.47. The summed E-state index contributed by atoms with van der Waals surface area (Å²) in [4.78, 5) is 16.9. The van der Waals surface area contributed by atoms with Crippen LogP contribution in [-0.4, -0.2) is 24.1 Å². The number of thiophene rings is 1. The zero-order valence-corrected chi connectivity index (χ0v) is 14.8. The molecule has 4 nitrogen and oxygen atoms in total. The highest BCUT2D eigenvalue weighted by atomic mass is 32.1. The lowest BCUT2D eigenvalue weighted by Gasteiger charge is -2.28. The van der Waals surface area contributed by atoms with E-state index in [1.807, 2.05) is 18.3 Å². The Morgan fingerprint density at radius 3 is 2.83 bits per heavy atom. The number of rotatable bonds is 6. The summed E-state index contributed by atoms with van der Waals surface area (Å²) in [6.45, 7) is 0. The quantitative estimate of drug-likeness (QED) is 0.868. The van der Waals surface area contributed by atoms with Crippen LogP contribution in [0.2, 0.25) is 0 Å². The summed E-state index contributed by atoms with van der Waals surface area (Å²) >= 11 is 1.68. The summed E-state index contributed by atoms with van der Waals surface area (Å²) < 4.78 is 5.40. The number of nitrogens with one attached hydrogen (secondary N) is 1. The minimum Gasteiger partial charge on any atom is -0.381 e. The molecule has 1 amide bonds. The first-order valence-corrected chi connectivity index (χ1v) is 9.44. The molecule has 2 aromatic heterocycles. The van der Waals surface area contributed by atoms with Crippen molar-refractivity contribution in [3.8, 4) is 0 Å². The zero-order valence-electron chi connectivity index (χ0n) is 14.0. The SMILES string of the molecule is COC1CCC(C(=O)N[C@H](Cc2ccsc2)c2cccnc2)CC1. The van der Waals surface area contributed by atoms with Crippen molar-refractivity contribution in [3.05, 3.63) is 52.5 Å². The fourth-order valence-corrected chi connectivity index (χ4v) is 4.01. The number of methoxy groups -OCH3 is 1. The number of ether oxygens (including phenoxy) is 1. The number of aromatic nitrogens is 1. The maximum absolute atomic E-state index is 12.7. The van der Waals surface area contributed by atoms with E-state index in [-0.39, 0.29) is 17.9 Å². The van der Waals surface area contributed by atoms with E-state index < -0.39 is 0 Å². The van der Waals surface area contributed by atoms with E-state index in [1.54, 1.807) is 24.6 Å². The number of hydrogen-bond acceptors (Lipinski definition) is 4. The predicted octanol–water partition coefficient (Wildman–Crippen LogP) is 3.75. The first kappa shape index (κ1) is 17.1. The number of amides is 1. The summed E-state index contributed by atoms with van der Waals surface area (Å²) in [5.41, 5.74) is 2.31. The predicted molar refractivity (Wildman–Crippen MR) is 95.9 cm³/mol. The van der Waals surface area contributed by atoms with Gasteiger partial charge in [0.1, 0.15) is 0 Å². The van der Waals surface area contributed by atoms with Crippen LogP contribution in [0.4, 0.5) is 0 Å². The molecule has 0 spiro atoms. The Balaban J connectivity index is 1.66. The Kier molecular flexibility index (Phi) is 5.99. The highest BCUT2D eigenvalue weighted by Gasteiger charge is 2.28. The van der Waals surface area contributed by atoms with Gasteiger partial charge >= 0.3 is 0 Å². The van der Waals surface area contributed by atoms with Gasteiger partial charge in [0.05, 0.1) is 12.1 Å². The molecule has 1 saturated carbocycles. The van der Waals surface area contributed by atoms with Crippen molar-refractivity contribution >= 4 is 17.2 Å². The molecule has 2 heterocycles. The largest absolute Gasteiger partial charge is 0.381 e. The Morgan fingerprint density at radius 1 is 1.38 bits per heavy atom. The van der Waals surface area contributed by atoms with E-state index in [0.717, 1.165) is 37.7 Å². The van der Waals surface area contributed by atoms with E-state index in [2.05, 4.69) is 27.1 Å². The van der Waals surface area contributed by atoms with Gasteiger partial charge in [0.25, 0.3) is 0 Å². The molecule has 128 valence electrons. The molecule has 0 radical (unpaired) electrons. The maximum Gasteiger partial charge on any atom is 0.223 e. The second kappa shape index (κ2) is 8.40. The molecule has 1 fully saturated rings. The zero-order chi connectivity index (χ0) is 16.8. The minimum atomic E-state index is -0.0269. The second-order valence-electron chi connectivity index (χ2n) is 6.39. The molecule has 1 aliphatic rings. The Bertz CT molecular complexity index is 622. The molecular formula is C19H24N2O2S. The Labute approximate surface area is 147 Å². The van der Waals surface area contributed by atoms with Crippen molar-refractivity contribution in [2.45, 2.75) is 44.2 Å². The second-order valence-corrected chi connectivity index (χ2v) is 7.17. The van der Waals surface area contributed by atoms with Crippen molar-refractivity contribution in [1.29, 1.82) is 0 Å². The van der Waals surface area contributed by atoms with Crippen molar-refractivity contribution in [2.24, 2.45) is 5.92 Å². The van der Waals surface area contributed by atoms with E-state index in [4.69, 9.17) is 4.74 Å². The van der Waals surface area contributed by atoms with Gasteiger partial charge in [-0.25, -0.2) is 0 Å². The van der Waals surface area contributed by atoms with Crippen LogP contribution < -0.4 is 5.32 Å². The molecule has 5 heteroatoms. The fourth-order valence-electron chi connectivity index (χ4n) is 3.33. The Morgan fingerprint density at radius 2 is 2.21 bits per heavy atom. The van der Waals surface area contributed by atoms with Crippen molar-refractivity contribution in [2.75, 3.05) is 7.11 Å². The van der Waals surface area contributed by atoms with Gasteiger partial charge in [-0.3, -0.25) is 9.78 Å². The molecule has 1 atom stereocenters. The van der Waals surface area contributed by atoms with Crippen LogP contribution in [0.5, 0.6) is 0 Å². The lowest BCUT2D eigenvalue weighted by molar-refractivity contribution is -0.127. The number of carbonyl (C=O) groups excluding carboxylic acids is 1. The molecule has 0 aromatic carbocycles. The van der Waals surface area contributed by atoms with Gasteiger partial charge < -0.3 is 10.1 Å². The van der Waals surface area contributed by atoms with E-state index in [1.165, 1.54) is 5.56 Å². The molecule has 2 aromatic rings. The van der Waals surface area contributed by atoms with Gasteiger partial charge in [-0.15, -0.1) is 0 Å². The van der Waals surface area contributed by atoms with E-state index in [9.17, 15) is 4.79 Å². The topological polar surface area (TPSA) is 51.2 Å². The van der Waals surface area contributed by atoms with Crippen LogP contribution >= 0.6 is 11.3 Å². The summed E-state index contributed by atoms with van der Waals surface area (Å²) in [6, 6.07) is 6.04. The average Bonchev–Trinajstić information content (AvgIpc) is 3.15. The van der Waals surface area contributed by atoms with Crippen LogP contribution in [0, 0.1) is 5.92 Å². The third-order valence-corrected chi connectivity index (χ3v) is 5.53. The van der Waals surface area contributed by atoms with Gasteiger partial charge in [0.2, 0.25) is 5.91 Å². The lowest BCUT2D eigenvalue weighted by atomic mass is 9.86. The minimum absolute atomic E-state index is 0.0269. The van der Waals surface area contributed by atoms with Gasteiger partial charge in [-0.2, -0.15) is 11.3 Å². The Hall–Kier alpha value is -1.72. The molecule has 0 aliphatic heterocycles. The van der Waals surface area contributed by atoms with Crippen LogP contribution in [-0.2, 0) is 16.0 Å². The van der Waals surface area contributed by atoms with Gasteiger partial charge in [-0.1, -0.05) is 6.07 Å². The molecule has 1 aliphatic carbocycles. The molecule has 0 bridgehead atoms. The third kappa shape index (κ3) is 4.42. The summed E-state index contributed by atoms with van der Waals surface area (Å²) in [5.74, 6) is 0.256. The van der Waals surface area contributed by atoms with Gasteiger partial charge in [0, 0.05) is 25.4 Å². The van der Waals surface area contributed by atoms with Crippen molar-refractivity contribution in [3.63, 3.8) is 0 Å². The molecule has 24 heavy (non-hydrogen) atoms. The van der Waals surface area contributed by atoms with Crippen LogP contribution in [0.3, 0.4) is 0 Å². The van der Waals surface area contributed by atoms with E-state index >= 15 is 0 Å². The summed E-state index contributed by atoms with van der Waals surface area (Å²) in [5, 5.41) is 7.47. The first-order valence-electron chi connectivity index (χ1n) is 8.50. The standard InChI is InChI=1S/C19H24N2O2S/c1-23-17-6-4-15(5-7-17)19(22)21-18(11-14-8-10-24-13-14)16-3-2-9-20-12-16/h2-3,8-10,12-13,15,17-18H,4-7,11H2,1H3,(H,21,22)/t15?,17?,18-/m1/s1. The molecule has 0 saturated heterocycles. The summed E-state index contributed by atoms with van der Waals surface area (Å²) in [7, 11) is 1.75. The van der Waals surface area contributed by atoms with E-state index in [0.29, 0.717) is 6.10 Å². The average molecular weight is 344 g/mol. The van der Waals surface area contributed by atoms with Crippen LogP contribution in [0.25, 0.3) is 0 Å².